The van der Waals surface area contributed by atoms with E-state index in [0.29, 0.717) is 5.75 Å². The summed E-state index contributed by atoms with van der Waals surface area (Å²) >= 11 is 0. The molecule has 1 rings (SSSR count). The topological polar surface area (TPSA) is 55.5 Å². The Kier molecular flexibility index (Phi) is 7.75. The molecule has 0 aliphatic heterocycles. The largest absolute Gasteiger partial charge is 0.504 e. The molecule has 1 aromatic carbocycles. The van der Waals surface area contributed by atoms with E-state index in [1.54, 1.807) is 13.2 Å². The predicted molar refractivity (Wildman–Crippen MR) is 73.0 cm³/mol. The molecule has 0 aromatic heterocycles. The molecule has 4 heteroatoms. The molecular formula is C13H22ClNO2. The lowest BCUT2D eigenvalue weighted by molar-refractivity contribution is 0.367. The summed E-state index contributed by atoms with van der Waals surface area (Å²) in [5.74, 6) is 0.664. The highest BCUT2D eigenvalue weighted by Gasteiger charge is 2.13. The average Bonchev–Trinajstić information content (AvgIpc) is 2.29. The van der Waals surface area contributed by atoms with Crippen molar-refractivity contribution in [2.45, 2.75) is 38.6 Å². The number of phenols is 1. The van der Waals surface area contributed by atoms with Crippen LogP contribution in [-0.2, 0) is 0 Å². The van der Waals surface area contributed by atoms with Crippen LogP contribution in [0.25, 0.3) is 0 Å². The molecule has 0 saturated heterocycles. The molecule has 0 radical (unpaired) electrons. The Bertz CT molecular complexity index is 331. The van der Waals surface area contributed by atoms with Gasteiger partial charge in [0.2, 0.25) is 0 Å². The van der Waals surface area contributed by atoms with Crippen molar-refractivity contribution in [3.8, 4) is 11.5 Å². The molecule has 0 heterocycles. The van der Waals surface area contributed by atoms with Gasteiger partial charge < -0.3 is 15.6 Å². The smallest absolute Gasteiger partial charge is 0.162 e. The number of ether oxygens (including phenoxy) is 1. The fourth-order valence-electron chi connectivity index (χ4n) is 1.77. The minimum absolute atomic E-state index is 0. The monoisotopic (exact) mass is 259 g/mol. The molecule has 0 aliphatic carbocycles. The molecule has 98 valence electrons. The van der Waals surface area contributed by atoms with E-state index >= 15 is 0 Å². The van der Waals surface area contributed by atoms with E-state index < -0.39 is 0 Å². The number of halogens is 1. The third-order valence-corrected chi connectivity index (χ3v) is 2.77. The number of unbranched alkanes of at least 4 members (excludes halogenated alkanes) is 2. The van der Waals surface area contributed by atoms with Crippen molar-refractivity contribution in [1.82, 2.24) is 0 Å². The van der Waals surface area contributed by atoms with Gasteiger partial charge in [0.1, 0.15) is 0 Å². The van der Waals surface area contributed by atoms with Crippen molar-refractivity contribution in [3.63, 3.8) is 0 Å². The van der Waals surface area contributed by atoms with E-state index in [0.717, 1.165) is 18.4 Å². The second-order valence-corrected chi connectivity index (χ2v) is 4.00. The highest BCUT2D eigenvalue weighted by atomic mass is 35.5. The Balaban J connectivity index is 0.00000256. The first kappa shape index (κ1) is 16.1. The van der Waals surface area contributed by atoms with Crippen molar-refractivity contribution in [2.75, 3.05) is 7.11 Å². The van der Waals surface area contributed by atoms with Gasteiger partial charge in [-0.1, -0.05) is 38.3 Å². The van der Waals surface area contributed by atoms with E-state index in [-0.39, 0.29) is 24.2 Å². The first-order valence-electron chi connectivity index (χ1n) is 5.82. The van der Waals surface area contributed by atoms with Gasteiger partial charge >= 0.3 is 0 Å². The third kappa shape index (κ3) is 4.44. The second-order valence-electron chi connectivity index (χ2n) is 4.00. The van der Waals surface area contributed by atoms with Gasteiger partial charge in [0.15, 0.2) is 11.5 Å². The zero-order valence-electron chi connectivity index (χ0n) is 10.5. The van der Waals surface area contributed by atoms with Gasteiger partial charge in [0.25, 0.3) is 0 Å². The van der Waals surface area contributed by atoms with Crippen LogP contribution in [0.3, 0.4) is 0 Å². The molecule has 17 heavy (non-hydrogen) atoms. The highest BCUT2D eigenvalue weighted by Crippen LogP contribution is 2.34. The third-order valence-electron chi connectivity index (χ3n) is 2.77. The summed E-state index contributed by atoms with van der Waals surface area (Å²) in [7, 11) is 1.54. The molecule has 0 saturated carbocycles. The lowest BCUT2D eigenvalue weighted by atomic mass is 10.00. The molecular weight excluding hydrogens is 238 g/mol. The maximum atomic E-state index is 9.91. The van der Waals surface area contributed by atoms with Gasteiger partial charge in [-0.25, -0.2) is 0 Å². The number of methoxy groups -OCH3 is 1. The Labute approximate surface area is 109 Å². The normalized spacial score (nSPS) is 11.7. The average molecular weight is 260 g/mol. The SMILES string of the molecule is CCCCC[C@@H](N)c1cccc(OC)c1O.Cl. The lowest BCUT2D eigenvalue weighted by Gasteiger charge is -2.15. The van der Waals surface area contributed by atoms with Crippen molar-refractivity contribution >= 4 is 12.4 Å². The summed E-state index contributed by atoms with van der Waals surface area (Å²) in [5, 5.41) is 9.91. The number of benzene rings is 1. The second kappa shape index (κ2) is 8.20. The zero-order valence-corrected chi connectivity index (χ0v) is 11.3. The van der Waals surface area contributed by atoms with Gasteiger partial charge in [-0.15, -0.1) is 12.4 Å². The quantitative estimate of drug-likeness (QED) is 0.770. The van der Waals surface area contributed by atoms with Crippen molar-refractivity contribution < 1.29 is 9.84 Å². The lowest BCUT2D eigenvalue weighted by Crippen LogP contribution is -2.10. The first-order chi connectivity index (χ1) is 7.70. The molecule has 0 spiro atoms. The van der Waals surface area contributed by atoms with E-state index in [2.05, 4.69) is 6.92 Å². The van der Waals surface area contributed by atoms with Crippen molar-refractivity contribution in [2.24, 2.45) is 5.73 Å². The van der Waals surface area contributed by atoms with E-state index in [1.165, 1.54) is 12.8 Å². The number of nitrogens with two attached hydrogens (primary N) is 1. The number of aromatic hydroxyl groups is 1. The molecule has 3 nitrogen and oxygen atoms in total. The number of phenolic OH excluding ortho intramolecular Hbond substituents is 1. The summed E-state index contributed by atoms with van der Waals surface area (Å²) in [6.45, 7) is 2.16. The summed E-state index contributed by atoms with van der Waals surface area (Å²) in [6, 6.07) is 5.33. The van der Waals surface area contributed by atoms with E-state index in [1.807, 2.05) is 12.1 Å². The van der Waals surface area contributed by atoms with Gasteiger partial charge in [-0.3, -0.25) is 0 Å². The minimum Gasteiger partial charge on any atom is -0.504 e. The maximum absolute atomic E-state index is 9.91. The fourth-order valence-corrected chi connectivity index (χ4v) is 1.77. The van der Waals surface area contributed by atoms with Crippen molar-refractivity contribution in [3.05, 3.63) is 23.8 Å². The van der Waals surface area contributed by atoms with E-state index in [4.69, 9.17) is 10.5 Å². The Morgan fingerprint density at radius 3 is 2.65 bits per heavy atom. The van der Waals surface area contributed by atoms with Crippen LogP contribution in [0.15, 0.2) is 18.2 Å². The predicted octanol–water partition coefficient (Wildman–Crippen LogP) is 3.40. The number of hydrogen-bond donors (Lipinski definition) is 2. The highest BCUT2D eigenvalue weighted by molar-refractivity contribution is 5.85. The molecule has 0 bridgehead atoms. The molecule has 3 N–H and O–H groups in total. The zero-order chi connectivity index (χ0) is 12.0. The van der Waals surface area contributed by atoms with Crippen LogP contribution >= 0.6 is 12.4 Å². The van der Waals surface area contributed by atoms with E-state index in [9.17, 15) is 5.11 Å². The van der Waals surface area contributed by atoms with Crippen LogP contribution in [0.4, 0.5) is 0 Å². The standard InChI is InChI=1S/C13H21NO2.ClH/c1-3-4-5-8-11(14)10-7-6-9-12(16-2)13(10)15;/h6-7,9,11,15H,3-5,8,14H2,1-2H3;1H/t11-;/m1./s1. The van der Waals surface area contributed by atoms with Crippen LogP contribution in [0.2, 0.25) is 0 Å². The maximum Gasteiger partial charge on any atom is 0.162 e. The molecule has 1 aromatic rings. The van der Waals surface area contributed by atoms with Gasteiger partial charge in [-0.05, 0) is 12.5 Å². The minimum atomic E-state index is -0.110. The summed E-state index contributed by atoms with van der Waals surface area (Å²) in [5.41, 5.74) is 6.82. The number of hydrogen-bond acceptors (Lipinski definition) is 3. The summed E-state index contributed by atoms with van der Waals surface area (Å²) in [4.78, 5) is 0. The molecule has 0 aliphatic rings. The molecule has 0 fully saturated rings. The van der Waals surface area contributed by atoms with Crippen LogP contribution in [0, 0.1) is 0 Å². The van der Waals surface area contributed by atoms with Crippen LogP contribution in [0.1, 0.15) is 44.2 Å². The Morgan fingerprint density at radius 2 is 2.06 bits per heavy atom. The van der Waals surface area contributed by atoms with Crippen LogP contribution in [0.5, 0.6) is 11.5 Å². The number of para-hydroxylation sites is 1. The van der Waals surface area contributed by atoms with Gasteiger partial charge in [0.05, 0.1) is 7.11 Å². The van der Waals surface area contributed by atoms with Gasteiger partial charge in [-0.2, -0.15) is 0 Å². The summed E-state index contributed by atoms with van der Waals surface area (Å²) in [6.07, 6.45) is 4.35. The molecule has 0 unspecified atom stereocenters. The molecule has 0 amide bonds. The van der Waals surface area contributed by atoms with Crippen LogP contribution < -0.4 is 10.5 Å². The molecule has 1 atom stereocenters. The number of rotatable bonds is 6. The van der Waals surface area contributed by atoms with Crippen LogP contribution in [-0.4, -0.2) is 12.2 Å². The Hall–Kier alpha value is -0.930. The van der Waals surface area contributed by atoms with Gasteiger partial charge in [0, 0.05) is 11.6 Å². The van der Waals surface area contributed by atoms with Crippen molar-refractivity contribution in [1.29, 1.82) is 0 Å². The Morgan fingerprint density at radius 1 is 1.35 bits per heavy atom. The summed E-state index contributed by atoms with van der Waals surface area (Å²) < 4.78 is 5.06. The first-order valence-corrected chi connectivity index (χ1v) is 5.82. The fraction of sp³-hybridized carbons (Fsp3) is 0.538.